The molecular weight excluding hydrogens is 128 g/mol. The third-order valence-corrected chi connectivity index (χ3v) is 1.30. The highest BCUT2D eigenvalue weighted by molar-refractivity contribution is 4.50. The van der Waals surface area contributed by atoms with Crippen molar-refractivity contribution in [2.45, 2.75) is 39.4 Å². The van der Waals surface area contributed by atoms with Gasteiger partial charge < -0.3 is 9.47 Å². The van der Waals surface area contributed by atoms with Gasteiger partial charge >= 0.3 is 0 Å². The molecule has 0 aromatic heterocycles. The van der Waals surface area contributed by atoms with Crippen molar-refractivity contribution in [3.05, 3.63) is 6.61 Å². The lowest BCUT2D eigenvalue weighted by molar-refractivity contribution is -0.0869. The molecule has 0 rings (SSSR count). The Hall–Kier alpha value is -0.0800. The molecule has 0 aliphatic heterocycles. The van der Waals surface area contributed by atoms with Crippen LogP contribution in [0.1, 0.15) is 33.1 Å². The minimum Gasteiger partial charge on any atom is -0.356 e. The van der Waals surface area contributed by atoms with E-state index in [1.165, 1.54) is 12.8 Å². The van der Waals surface area contributed by atoms with E-state index in [-0.39, 0.29) is 6.29 Å². The number of hydrogen-bond acceptors (Lipinski definition) is 2. The van der Waals surface area contributed by atoms with Crippen molar-refractivity contribution in [1.29, 1.82) is 0 Å². The van der Waals surface area contributed by atoms with Gasteiger partial charge in [-0.2, -0.15) is 0 Å². The average molecular weight is 145 g/mol. The van der Waals surface area contributed by atoms with E-state index in [9.17, 15) is 0 Å². The fourth-order valence-electron chi connectivity index (χ4n) is 0.547. The standard InChI is InChI=1S/C8H17O2/c1-4-5-6-7-10-8(2)9-3/h7-8H,4-6H2,1-3H3. The lowest BCUT2D eigenvalue weighted by atomic mass is 10.3. The zero-order valence-corrected chi connectivity index (χ0v) is 7.09. The van der Waals surface area contributed by atoms with Crippen molar-refractivity contribution in [3.8, 4) is 0 Å². The summed E-state index contributed by atoms with van der Waals surface area (Å²) in [4.78, 5) is 0. The molecule has 2 heteroatoms. The summed E-state index contributed by atoms with van der Waals surface area (Å²) in [6.45, 7) is 5.85. The Balaban J connectivity index is 2.89. The predicted octanol–water partition coefficient (Wildman–Crippen LogP) is 2.35. The lowest BCUT2D eigenvalue weighted by Gasteiger charge is -2.08. The molecule has 0 saturated heterocycles. The molecule has 0 aliphatic carbocycles. The number of hydrogen-bond donors (Lipinski definition) is 0. The largest absolute Gasteiger partial charge is 0.356 e. The molecule has 10 heavy (non-hydrogen) atoms. The molecule has 0 bridgehead atoms. The van der Waals surface area contributed by atoms with E-state index in [1.807, 2.05) is 13.5 Å². The summed E-state index contributed by atoms with van der Waals surface area (Å²) < 4.78 is 10.0. The summed E-state index contributed by atoms with van der Waals surface area (Å²) >= 11 is 0. The molecule has 0 heterocycles. The first-order chi connectivity index (χ1) is 4.81. The smallest absolute Gasteiger partial charge is 0.154 e. The molecule has 0 aromatic carbocycles. The van der Waals surface area contributed by atoms with Gasteiger partial charge in [0.1, 0.15) is 0 Å². The molecule has 1 unspecified atom stereocenters. The van der Waals surface area contributed by atoms with Crippen molar-refractivity contribution >= 4 is 0 Å². The lowest BCUT2D eigenvalue weighted by Crippen LogP contribution is -2.07. The fraction of sp³-hybridized carbons (Fsp3) is 0.875. The van der Waals surface area contributed by atoms with Crippen LogP contribution in [-0.4, -0.2) is 13.4 Å². The van der Waals surface area contributed by atoms with E-state index in [0.717, 1.165) is 6.42 Å². The summed E-state index contributed by atoms with van der Waals surface area (Å²) in [5.74, 6) is 0. The van der Waals surface area contributed by atoms with Crippen molar-refractivity contribution in [2.75, 3.05) is 7.11 Å². The molecular formula is C8H17O2. The zero-order chi connectivity index (χ0) is 7.82. The third-order valence-electron chi connectivity index (χ3n) is 1.30. The minimum absolute atomic E-state index is 0.100. The molecule has 2 nitrogen and oxygen atoms in total. The zero-order valence-electron chi connectivity index (χ0n) is 7.09. The van der Waals surface area contributed by atoms with Crippen LogP contribution in [0.2, 0.25) is 0 Å². The Morgan fingerprint density at radius 1 is 1.50 bits per heavy atom. The summed E-state index contributed by atoms with van der Waals surface area (Å²) in [5, 5.41) is 0. The van der Waals surface area contributed by atoms with Crippen LogP contribution in [0.3, 0.4) is 0 Å². The second-order valence-corrected chi connectivity index (χ2v) is 2.25. The van der Waals surface area contributed by atoms with Gasteiger partial charge in [0.05, 0.1) is 6.61 Å². The third kappa shape index (κ3) is 6.05. The van der Waals surface area contributed by atoms with Crippen LogP contribution in [0, 0.1) is 6.61 Å². The van der Waals surface area contributed by atoms with Gasteiger partial charge in [-0.05, 0) is 13.3 Å². The SMILES string of the molecule is CCCC[CH]OC(C)OC. The maximum atomic E-state index is 5.15. The number of rotatable bonds is 6. The van der Waals surface area contributed by atoms with E-state index in [4.69, 9.17) is 9.47 Å². The van der Waals surface area contributed by atoms with Gasteiger partial charge in [-0.3, -0.25) is 0 Å². The molecule has 0 aliphatic rings. The van der Waals surface area contributed by atoms with Crippen LogP contribution >= 0.6 is 0 Å². The number of methoxy groups -OCH3 is 1. The summed E-state index contributed by atoms with van der Waals surface area (Å²) in [6, 6.07) is 0. The average Bonchev–Trinajstić information content (AvgIpc) is 1.98. The molecule has 1 radical (unpaired) electrons. The van der Waals surface area contributed by atoms with Crippen LogP contribution in [0.25, 0.3) is 0 Å². The quantitative estimate of drug-likeness (QED) is 0.422. The molecule has 0 aromatic rings. The van der Waals surface area contributed by atoms with Gasteiger partial charge in [-0.15, -0.1) is 0 Å². The van der Waals surface area contributed by atoms with Crippen LogP contribution in [0.15, 0.2) is 0 Å². The van der Waals surface area contributed by atoms with Gasteiger partial charge in [-0.25, -0.2) is 0 Å². The Labute approximate surface area is 63.5 Å². The van der Waals surface area contributed by atoms with E-state index in [1.54, 1.807) is 7.11 Å². The van der Waals surface area contributed by atoms with E-state index in [0.29, 0.717) is 0 Å². The van der Waals surface area contributed by atoms with Crippen LogP contribution in [0.4, 0.5) is 0 Å². The molecule has 0 amide bonds. The predicted molar refractivity (Wildman–Crippen MR) is 41.4 cm³/mol. The highest BCUT2D eigenvalue weighted by Gasteiger charge is 1.96. The monoisotopic (exact) mass is 145 g/mol. The molecule has 61 valence electrons. The van der Waals surface area contributed by atoms with Crippen molar-refractivity contribution < 1.29 is 9.47 Å². The van der Waals surface area contributed by atoms with Gasteiger partial charge in [0.2, 0.25) is 0 Å². The van der Waals surface area contributed by atoms with E-state index < -0.39 is 0 Å². The summed E-state index contributed by atoms with van der Waals surface area (Å²) in [5.41, 5.74) is 0. The fourth-order valence-corrected chi connectivity index (χ4v) is 0.547. The minimum atomic E-state index is -0.100. The van der Waals surface area contributed by atoms with Crippen molar-refractivity contribution in [2.24, 2.45) is 0 Å². The second-order valence-electron chi connectivity index (χ2n) is 2.25. The molecule has 1 atom stereocenters. The van der Waals surface area contributed by atoms with Crippen LogP contribution in [-0.2, 0) is 9.47 Å². The Morgan fingerprint density at radius 2 is 2.20 bits per heavy atom. The van der Waals surface area contributed by atoms with Crippen molar-refractivity contribution in [1.82, 2.24) is 0 Å². The molecule has 0 saturated carbocycles. The normalized spacial score (nSPS) is 13.5. The topological polar surface area (TPSA) is 18.5 Å². The number of ether oxygens (including phenoxy) is 2. The maximum Gasteiger partial charge on any atom is 0.154 e. The molecule has 0 N–H and O–H groups in total. The first-order valence-electron chi connectivity index (χ1n) is 3.81. The molecule has 0 fully saturated rings. The Morgan fingerprint density at radius 3 is 2.70 bits per heavy atom. The van der Waals surface area contributed by atoms with Crippen molar-refractivity contribution in [3.63, 3.8) is 0 Å². The van der Waals surface area contributed by atoms with Gasteiger partial charge in [-0.1, -0.05) is 19.8 Å². The van der Waals surface area contributed by atoms with E-state index >= 15 is 0 Å². The first kappa shape index (κ1) is 9.92. The maximum absolute atomic E-state index is 5.15. The van der Waals surface area contributed by atoms with E-state index in [2.05, 4.69) is 6.92 Å². The summed E-state index contributed by atoms with van der Waals surface area (Å²) in [7, 11) is 1.64. The Kier molecular flexibility index (Phi) is 6.98. The molecule has 0 spiro atoms. The van der Waals surface area contributed by atoms with Gasteiger partial charge in [0.25, 0.3) is 0 Å². The number of unbranched alkanes of at least 4 members (excludes halogenated alkanes) is 2. The Bertz CT molecular complexity index is 64.3. The highest BCUT2D eigenvalue weighted by atomic mass is 16.7. The highest BCUT2D eigenvalue weighted by Crippen LogP contribution is 2.01. The first-order valence-corrected chi connectivity index (χ1v) is 3.81. The van der Waals surface area contributed by atoms with Crippen LogP contribution < -0.4 is 0 Å². The summed E-state index contributed by atoms with van der Waals surface area (Å²) in [6.07, 6.45) is 3.32. The van der Waals surface area contributed by atoms with Crippen LogP contribution in [0.5, 0.6) is 0 Å². The second kappa shape index (κ2) is 7.03. The van der Waals surface area contributed by atoms with Gasteiger partial charge in [0, 0.05) is 7.11 Å². The van der Waals surface area contributed by atoms with Gasteiger partial charge in [0.15, 0.2) is 6.29 Å².